The number of carbonyl (C=O) groups is 1. The van der Waals surface area contributed by atoms with Gasteiger partial charge in [0.2, 0.25) is 0 Å². The number of thiophene rings is 1. The molecule has 2 heterocycles. The third-order valence-corrected chi connectivity index (χ3v) is 5.74. The van der Waals surface area contributed by atoms with Crippen LogP contribution in [0.25, 0.3) is 0 Å². The van der Waals surface area contributed by atoms with E-state index in [0.29, 0.717) is 13.1 Å². The van der Waals surface area contributed by atoms with Crippen molar-refractivity contribution in [3.63, 3.8) is 0 Å². The molecule has 0 saturated heterocycles. The summed E-state index contributed by atoms with van der Waals surface area (Å²) in [5.41, 5.74) is 3.81. The largest absolute Gasteiger partial charge is 0.338 e. The molecule has 0 aliphatic carbocycles. The molecule has 148 valence electrons. The monoisotopic (exact) mass is 397 g/mol. The zero-order valence-corrected chi connectivity index (χ0v) is 17.9. The van der Waals surface area contributed by atoms with Gasteiger partial charge in [-0.2, -0.15) is 0 Å². The molecular weight excluding hydrogens is 368 g/mol. The summed E-state index contributed by atoms with van der Waals surface area (Å²) >= 11 is 1.49. The van der Waals surface area contributed by atoms with E-state index < -0.39 is 0 Å². The number of imidazole rings is 1. The Hall–Kier alpha value is -2.44. The fourth-order valence-corrected chi connectivity index (χ4v) is 3.82. The van der Waals surface area contributed by atoms with Gasteiger partial charge in [-0.15, -0.1) is 11.3 Å². The first kappa shape index (κ1) is 20.3. The van der Waals surface area contributed by atoms with Crippen LogP contribution < -0.4 is 4.90 Å². The molecule has 0 spiro atoms. The van der Waals surface area contributed by atoms with Gasteiger partial charge in [-0.05, 0) is 36.4 Å². The van der Waals surface area contributed by atoms with Gasteiger partial charge in [-0.25, -0.2) is 4.98 Å². The van der Waals surface area contributed by atoms with Crippen molar-refractivity contribution in [1.29, 1.82) is 0 Å². The first-order valence-corrected chi connectivity index (χ1v) is 10.5. The van der Waals surface area contributed by atoms with E-state index in [-0.39, 0.29) is 5.91 Å². The molecule has 0 aliphatic heterocycles. The Morgan fingerprint density at radius 2 is 2.07 bits per heavy atom. The molecule has 0 atom stereocenters. The molecule has 3 rings (SSSR count). The van der Waals surface area contributed by atoms with E-state index in [9.17, 15) is 4.79 Å². The van der Waals surface area contributed by atoms with Crippen LogP contribution in [0.15, 0.2) is 48.1 Å². The fraction of sp³-hybridized carbons (Fsp3) is 0.364. The van der Waals surface area contributed by atoms with Gasteiger partial charge in [-0.1, -0.05) is 29.8 Å². The van der Waals surface area contributed by atoms with Crippen LogP contribution in [0, 0.1) is 13.8 Å². The van der Waals surface area contributed by atoms with Gasteiger partial charge in [0.1, 0.15) is 5.82 Å². The second kappa shape index (κ2) is 9.17. The van der Waals surface area contributed by atoms with Crippen molar-refractivity contribution in [3.8, 4) is 0 Å². The second-order valence-electron chi connectivity index (χ2n) is 7.56. The molecule has 0 bridgehead atoms. The molecule has 2 aromatic heterocycles. The first-order chi connectivity index (χ1) is 13.4. The molecule has 3 aromatic rings. The predicted octanol–water partition coefficient (Wildman–Crippen LogP) is 2.40. The highest BCUT2D eigenvalue weighted by Gasteiger charge is 2.20. The molecule has 0 unspecified atom stereocenters. The number of aromatic nitrogens is 2. The summed E-state index contributed by atoms with van der Waals surface area (Å²) in [4.78, 5) is 21.6. The van der Waals surface area contributed by atoms with Crippen molar-refractivity contribution in [2.75, 3.05) is 27.2 Å². The number of carbonyl (C=O) groups excluding carboxylic acids is 1. The van der Waals surface area contributed by atoms with Crippen LogP contribution in [0.4, 0.5) is 0 Å². The number of rotatable bonds is 8. The predicted molar refractivity (Wildman–Crippen MR) is 114 cm³/mol. The van der Waals surface area contributed by atoms with Gasteiger partial charge in [-0.3, -0.25) is 4.79 Å². The van der Waals surface area contributed by atoms with Crippen LogP contribution in [0.1, 0.15) is 32.2 Å². The molecule has 1 aromatic carbocycles. The van der Waals surface area contributed by atoms with E-state index in [2.05, 4.69) is 55.7 Å². The lowest BCUT2D eigenvalue weighted by Crippen LogP contribution is -3.06. The quantitative estimate of drug-likeness (QED) is 0.634. The van der Waals surface area contributed by atoms with Crippen molar-refractivity contribution >= 4 is 17.2 Å². The van der Waals surface area contributed by atoms with Gasteiger partial charge in [0.15, 0.2) is 0 Å². The minimum atomic E-state index is 0.0811. The highest BCUT2D eigenvalue weighted by Crippen LogP contribution is 2.16. The van der Waals surface area contributed by atoms with Crippen molar-refractivity contribution < 1.29 is 9.69 Å². The smallest absolute Gasteiger partial charge is 0.264 e. The fourth-order valence-electron chi connectivity index (χ4n) is 3.13. The summed E-state index contributed by atoms with van der Waals surface area (Å²) in [6.07, 6.45) is 3.83. The molecule has 0 aliphatic rings. The maximum Gasteiger partial charge on any atom is 0.264 e. The Labute approximate surface area is 171 Å². The maximum absolute atomic E-state index is 13.0. The Morgan fingerprint density at radius 1 is 1.25 bits per heavy atom. The van der Waals surface area contributed by atoms with Gasteiger partial charge < -0.3 is 14.4 Å². The van der Waals surface area contributed by atoms with Crippen molar-refractivity contribution in [3.05, 3.63) is 75.5 Å². The molecule has 0 saturated carbocycles. The summed E-state index contributed by atoms with van der Waals surface area (Å²) in [7, 11) is 4.21. The number of nitrogens with zero attached hydrogens (tertiary/aromatic N) is 3. The lowest BCUT2D eigenvalue weighted by Gasteiger charge is -2.23. The number of hydrogen-bond donors (Lipinski definition) is 1. The van der Waals surface area contributed by atoms with Crippen molar-refractivity contribution in [2.24, 2.45) is 0 Å². The third kappa shape index (κ3) is 5.09. The van der Waals surface area contributed by atoms with E-state index in [4.69, 9.17) is 0 Å². The molecule has 6 heteroatoms. The number of aryl methyl sites for hydroxylation is 2. The summed E-state index contributed by atoms with van der Waals surface area (Å²) in [5, 5.41) is 1.95. The molecule has 1 amide bonds. The van der Waals surface area contributed by atoms with E-state index in [0.717, 1.165) is 23.8 Å². The lowest BCUT2D eigenvalue weighted by molar-refractivity contribution is -0.857. The zero-order valence-electron chi connectivity index (χ0n) is 17.1. The number of hydrogen-bond acceptors (Lipinski definition) is 3. The first-order valence-electron chi connectivity index (χ1n) is 9.62. The van der Waals surface area contributed by atoms with Crippen LogP contribution in [0.5, 0.6) is 0 Å². The lowest BCUT2D eigenvalue weighted by atomic mass is 10.1. The number of benzene rings is 1. The van der Waals surface area contributed by atoms with Crippen LogP contribution >= 0.6 is 11.3 Å². The van der Waals surface area contributed by atoms with E-state index in [1.165, 1.54) is 32.9 Å². The molecule has 0 fully saturated rings. The standard InChI is InChI=1S/C22H28N4OS/c1-17-7-8-18(2)19(14-17)15-25-10-9-23-21(25)16-26(12-11-24(3)4)22(27)20-6-5-13-28-20/h5-10,13-14H,11-12,15-16H2,1-4H3/p+1. The average Bonchev–Trinajstić information content (AvgIpc) is 3.33. The zero-order chi connectivity index (χ0) is 20.1. The Kier molecular flexibility index (Phi) is 6.65. The number of nitrogens with one attached hydrogen (secondary N) is 1. The minimum absolute atomic E-state index is 0.0811. The minimum Gasteiger partial charge on any atom is -0.338 e. The van der Waals surface area contributed by atoms with Crippen LogP contribution in [-0.2, 0) is 13.1 Å². The van der Waals surface area contributed by atoms with Crippen molar-refractivity contribution in [2.45, 2.75) is 26.9 Å². The van der Waals surface area contributed by atoms with Crippen LogP contribution in [-0.4, -0.2) is 47.5 Å². The number of quaternary nitrogens is 1. The van der Waals surface area contributed by atoms with Crippen molar-refractivity contribution in [1.82, 2.24) is 14.5 Å². The van der Waals surface area contributed by atoms with E-state index in [1.54, 1.807) is 0 Å². The second-order valence-corrected chi connectivity index (χ2v) is 8.51. The maximum atomic E-state index is 13.0. The van der Waals surface area contributed by atoms with Gasteiger partial charge in [0.05, 0.1) is 38.6 Å². The summed E-state index contributed by atoms with van der Waals surface area (Å²) in [6.45, 7) is 7.13. The van der Waals surface area contributed by atoms with Gasteiger partial charge in [0, 0.05) is 18.9 Å². The number of likely N-dealkylation sites (N-methyl/N-ethyl adjacent to an activating group) is 1. The summed E-state index contributed by atoms with van der Waals surface area (Å²) in [6, 6.07) is 10.3. The Balaban J connectivity index is 1.80. The highest BCUT2D eigenvalue weighted by atomic mass is 32.1. The molecule has 0 radical (unpaired) electrons. The average molecular weight is 398 g/mol. The highest BCUT2D eigenvalue weighted by molar-refractivity contribution is 7.12. The normalized spacial score (nSPS) is 11.2. The molecule has 1 N–H and O–H groups in total. The molecule has 5 nitrogen and oxygen atoms in total. The summed E-state index contributed by atoms with van der Waals surface area (Å²) < 4.78 is 2.15. The Morgan fingerprint density at radius 3 is 2.79 bits per heavy atom. The third-order valence-electron chi connectivity index (χ3n) is 4.88. The molecular formula is C22H29N4OS+. The van der Waals surface area contributed by atoms with Crippen LogP contribution in [0.3, 0.4) is 0 Å². The SMILES string of the molecule is Cc1ccc(C)c(Cn2ccnc2CN(CC[NH+](C)C)C(=O)c2cccs2)c1. The number of amides is 1. The Bertz CT molecular complexity index is 915. The van der Waals surface area contributed by atoms with Gasteiger partial charge in [0.25, 0.3) is 5.91 Å². The van der Waals surface area contributed by atoms with E-state index >= 15 is 0 Å². The molecule has 28 heavy (non-hydrogen) atoms. The summed E-state index contributed by atoms with van der Waals surface area (Å²) in [5.74, 6) is 0.997. The topological polar surface area (TPSA) is 42.6 Å². The van der Waals surface area contributed by atoms with Gasteiger partial charge >= 0.3 is 0 Å². The van der Waals surface area contributed by atoms with Crippen LogP contribution in [0.2, 0.25) is 0 Å². The van der Waals surface area contributed by atoms with E-state index in [1.807, 2.05) is 34.8 Å².